The van der Waals surface area contributed by atoms with Gasteiger partial charge in [-0.15, -0.1) is 0 Å². The zero-order valence-corrected chi connectivity index (χ0v) is 17.0. The molecule has 3 amide bonds. The standard InChI is InChI=1S/C25H24N4O2/c26-25(31)29-14-17-10-12-19(13-11-17)24(30)28-15-21(18-6-2-1-3-7-18)22-16-27-23-9-5-4-8-20(22)23/h1-13,16,21,27H,14-15H2,(H,28,30)(H3,26,29,31). The highest BCUT2D eigenvalue weighted by Gasteiger charge is 2.19. The molecule has 4 aromatic rings. The van der Waals surface area contributed by atoms with Gasteiger partial charge in [-0.25, -0.2) is 4.79 Å². The van der Waals surface area contributed by atoms with E-state index in [4.69, 9.17) is 5.73 Å². The fourth-order valence-electron chi connectivity index (χ4n) is 3.73. The maximum atomic E-state index is 12.8. The van der Waals surface area contributed by atoms with Crippen LogP contribution in [0, 0.1) is 0 Å². The molecular formula is C25H24N4O2. The van der Waals surface area contributed by atoms with Crippen LogP contribution in [-0.2, 0) is 6.54 Å². The van der Waals surface area contributed by atoms with E-state index in [0.717, 1.165) is 27.6 Å². The Bertz CT molecular complexity index is 1180. The number of H-pyrrole nitrogens is 1. The van der Waals surface area contributed by atoms with Crippen LogP contribution in [0.3, 0.4) is 0 Å². The Hall–Kier alpha value is -4.06. The van der Waals surface area contributed by atoms with Gasteiger partial charge in [0.15, 0.2) is 0 Å². The van der Waals surface area contributed by atoms with Gasteiger partial charge in [0, 0.05) is 41.7 Å². The van der Waals surface area contributed by atoms with Crippen molar-refractivity contribution in [3.63, 3.8) is 0 Å². The molecule has 1 heterocycles. The van der Waals surface area contributed by atoms with Crippen molar-refractivity contribution in [1.82, 2.24) is 15.6 Å². The molecule has 4 rings (SSSR count). The number of urea groups is 1. The van der Waals surface area contributed by atoms with E-state index < -0.39 is 6.03 Å². The SMILES string of the molecule is NC(=O)NCc1ccc(C(=O)NCC(c2ccccc2)c2c[nH]c3ccccc23)cc1. The Kier molecular flexibility index (Phi) is 5.98. The van der Waals surface area contributed by atoms with Crippen LogP contribution < -0.4 is 16.4 Å². The minimum absolute atomic E-state index is 0.0142. The summed E-state index contributed by atoms with van der Waals surface area (Å²) in [6.07, 6.45) is 2.02. The van der Waals surface area contributed by atoms with Gasteiger partial charge in [0.1, 0.15) is 0 Å². The molecule has 0 saturated carbocycles. The minimum Gasteiger partial charge on any atom is -0.361 e. The molecule has 1 atom stereocenters. The number of primary amides is 1. The molecule has 5 N–H and O–H groups in total. The molecule has 6 heteroatoms. The van der Waals surface area contributed by atoms with Crippen LogP contribution in [0.5, 0.6) is 0 Å². The first kappa shape index (κ1) is 20.2. The number of hydrogen-bond acceptors (Lipinski definition) is 2. The number of aromatic nitrogens is 1. The topological polar surface area (TPSA) is 100 Å². The number of nitrogens with two attached hydrogens (primary N) is 1. The monoisotopic (exact) mass is 412 g/mol. The highest BCUT2D eigenvalue weighted by atomic mass is 16.2. The predicted molar refractivity (Wildman–Crippen MR) is 122 cm³/mol. The van der Waals surface area contributed by atoms with E-state index in [1.54, 1.807) is 24.3 Å². The molecule has 0 spiro atoms. The molecule has 0 saturated heterocycles. The van der Waals surface area contributed by atoms with Gasteiger partial charge >= 0.3 is 6.03 Å². The fraction of sp³-hybridized carbons (Fsp3) is 0.120. The van der Waals surface area contributed by atoms with E-state index in [0.29, 0.717) is 18.7 Å². The lowest BCUT2D eigenvalue weighted by Crippen LogP contribution is -2.29. The number of nitrogens with one attached hydrogen (secondary N) is 3. The lowest BCUT2D eigenvalue weighted by Gasteiger charge is -2.18. The largest absolute Gasteiger partial charge is 0.361 e. The second-order valence-corrected chi connectivity index (χ2v) is 7.38. The molecular weight excluding hydrogens is 388 g/mol. The summed E-state index contributed by atoms with van der Waals surface area (Å²) < 4.78 is 0. The van der Waals surface area contributed by atoms with E-state index in [1.165, 1.54) is 0 Å². The number of benzene rings is 3. The molecule has 0 aliphatic carbocycles. The summed E-state index contributed by atoms with van der Waals surface area (Å²) in [6.45, 7) is 0.795. The van der Waals surface area contributed by atoms with Crippen LogP contribution in [0.1, 0.15) is 33.0 Å². The summed E-state index contributed by atoms with van der Waals surface area (Å²) in [6, 6.07) is 24.9. The first-order chi connectivity index (χ1) is 15.1. The van der Waals surface area contributed by atoms with E-state index in [1.807, 2.05) is 42.6 Å². The zero-order valence-electron chi connectivity index (χ0n) is 17.0. The molecule has 0 bridgehead atoms. The van der Waals surface area contributed by atoms with E-state index >= 15 is 0 Å². The molecule has 0 aliphatic rings. The summed E-state index contributed by atoms with van der Waals surface area (Å²) >= 11 is 0. The summed E-state index contributed by atoms with van der Waals surface area (Å²) in [5, 5.41) is 6.76. The molecule has 6 nitrogen and oxygen atoms in total. The zero-order chi connectivity index (χ0) is 21.6. The Labute approximate surface area is 180 Å². The van der Waals surface area contributed by atoms with Crippen LogP contribution in [0.4, 0.5) is 4.79 Å². The van der Waals surface area contributed by atoms with Gasteiger partial charge in [0.25, 0.3) is 5.91 Å². The third-order valence-electron chi connectivity index (χ3n) is 5.35. The van der Waals surface area contributed by atoms with Crippen molar-refractivity contribution < 1.29 is 9.59 Å². The molecule has 0 radical (unpaired) electrons. The summed E-state index contributed by atoms with van der Waals surface area (Å²) in [5.74, 6) is -0.129. The van der Waals surface area contributed by atoms with Crippen molar-refractivity contribution in [2.24, 2.45) is 5.73 Å². The average Bonchev–Trinajstić information content (AvgIpc) is 3.23. The number of rotatable bonds is 7. The summed E-state index contributed by atoms with van der Waals surface area (Å²) in [5.41, 5.74) is 9.89. The molecule has 0 aliphatic heterocycles. The number of hydrogen-bond donors (Lipinski definition) is 4. The lowest BCUT2D eigenvalue weighted by atomic mass is 9.91. The highest BCUT2D eigenvalue weighted by molar-refractivity contribution is 5.94. The molecule has 3 aromatic carbocycles. The third-order valence-corrected chi connectivity index (χ3v) is 5.35. The number of para-hydroxylation sites is 1. The van der Waals surface area contributed by atoms with Crippen molar-refractivity contribution in [2.75, 3.05) is 6.54 Å². The van der Waals surface area contributed by atoms with Crippen LogP contribution in [-0.4, -0.2) is 23.5 Å². The van der Waals surface area contributed by atoms with Gasteiger partial charge in [-0.3, -0.25) is 4.79 Å². The smallest absolute Gasteiger partial charge is 0.312 e. The number of aromatic amines is 1. The average molecular weight is 412 g/mol. The highest BCUT2D eigenvalue weighted by Crippen LogP contribution is 2.30. The number of amides is 3. The second-order valence-electron chi connectivity index (χ2n) is 7.38. The number of carbonyl (C=O) groups is 2. The molecule has 31 heavy (non-hydrogen) atoms. The second kappa shape index (κ2) is 9.17. The summed E-state index contributed by atoms with van der Waals surface area (Å²) in [4.78, 5) is 27.0. The van der Waals surface area contributed by atoms with Gasteiger partial charge in [-0.05, 0) is 34.9 Å². The van der Waals surface area contributed by atoms with Gasteiger partial charge in [-0.2, -0.15) is 0 Å². The van der Waals surface area contributed by atoms with Crippen molar-refractivity contribution in [3.8, 4) is 0 Å². The van der Waals surface area contributed by atoms with E-state index in [9.17, 15) is 9.59 Å². The molecule has 0 fully saturated rings. The first-order valence-electron chi connectivity index (χ1n) is 10.1. The van der Waals surface area contributed by atoms with Crippen LogP contribution in [0.2, 0.25) is 0 Å². The summed E-state index contributed by atoms with van der Waals surface area (Å²) in [7, 11) is 0. The van der Waals surface area contributed by atoms with Crippen molar-refractivity contribution in [2.45, 2.75) is 12.5 Å². The number of carbonyl (C=O) groups excluding carboxylic acids is 2. The Morgan fingerprint density at radius 3 is 2.32 bits per heavy atom. The molecule has 1 aromatic heterocycles. The van der Waals surface area contributed by atoms with Crippen molar-refractivity contribution in [3.05, 3.63) is 107 Å². The normalized spacial score (nSPS) is 11.7. The van der Waals surface area contributed by atoms with Crippen molar-refractivity contribution >= 4 is 22.8 Å². The first-order valence-corrected chi connectivity index (χ1v) is 10.1. The maximum absolute atomic E-state index is 12.8. The molecule has 156 valence electrons. The Morgan fingerprint density at radius 1 is 0.871 bits per heavy atom. The minimum atomic E-state index is -0.578. The van der Waals surface area contributed by atoms with Gasteiger partial charge in [0.05, 0.1) is 0 Å². The predicted octanol–water partition coefficient (Wildman–Crippen LogP) is 3.90. The Balaban J connectivity index is 1.52. The Morgan fingerprint density at radius 2 is 1.58 bits per heavy atom. The lowest BCUT2D eigenvalue weighted by molar-refractivity contribution is 0.0952. The van der Waals surface area contributed by atoms with E-state index in [-0.39, 0.29) is 11.8 Å². The van der Waals surface area contributed by atoms with Crippen LogP contribution in [0.15, 0.2) is 85.1 Å². The van der Waals surface area contributed by atoms with E-state index in [2.05, 4.69) is 33.8 Å². The fourth-order valence-corrected chi connectivity index (χ4v) is 3.73. The number of fused-ring (bicyclic) bond motifs is 1. The van der Waals surface area contributed by atoms with Crippen molar-refractivity contribution in [1.29, 1.82) is 0 Å². The maximum Gasteiger partial charge on any atom is 0.312 e. The van der Waals surface area contributed by atoms with Gasteiger partial charge in [-0.1, -0.05) is 60.7 Å². The van der Waals surface area contributed by atoms with Crippen LogP contribution in [0.25, 0.3) is 10.9 Å². The molecule has 1 unspecified atom stereocenters. The quantitative estimate of drug-likeness (QED) is 0.370. The van der Waals surface area contributed by atoms with Gasteiger partial charge < -0.3 is 21.4 Å². The third kappa shape index (κ3) is 4.75. The van der Waals surface area contributed by atoms with Crippen LogP contribution >= 0.6 is 0 Å². The van der Waals surface area contributed by atoms with Gasteiger partial charge in [0.2, 0.25) is 0 Å².